The molecule has 0 amide bonds. The van der Waals surface area contributed by atoms with E-state index in [9.17, 15) is 9.59 Å². The molecule has 176 valence electrons. The zero-order valence-electron chi connectivity index (χ0n) is 18.4. The lowest BCUT2D eigenvalue weighted by Gasteiger charge is -2.15. The van der Waals surface area contributed by atoms with Crippen molar-refractivity contribution in [2.24, 2.45) is 5.92 Å². The molecule has 1 aliphatic rings. The summed E-state index contributed by atoms with van der Waals surface area (Å²) in [6, 6.07) is 12.0. The molecular formula is C23H32ClN3O5. The first-order chi connectivity index (χ1) is 15.0. The van der Waals surface area contributed by atoms with Crippen molar-refractivity contribution in [3.8, 4) is 0 Å². The Hall–Kier alpha value is -2.42. The molecule has 3 unspecified atom stereocenters. The van der Waals surface area contributed by atoms with Crippen LogP contribution in [0.25, 0.3) is 0 Å². The van der Waals surface area contributed by atoms with Gasteiger partial charge in [-0.2, -0.15) is 4.98 Å². The number of hydrogen-bond acceptors (Lipinski definition) is 7. The molecule has 1 aliphatic heterocycles. The minimum Gasteiger partial charge on any atom is -0.460 e. The summed E-state index contributed by atoms with van der Waals surface area (Å²) >= 11 is 0. The van der Waals surface area contributed by atoms with Crippen LogP contribution >= 0.6 is 12.4 Å². The Bertz CT molecular complexity index is 893. The van der Waals surface area contributed by atoms with Gasteiger partial charge in [-0.1, -0.05) is 56.5 Å². The number of unbranched alkanes of at least 4 members (excludes halogenated alkanes) is 3. The normalized spacial score (nSPS) is 18.7. The van der Waals surface area contributed by atoms with Crippen molar-refractivity contribution in [2.45, 2.75) is 58.0 Å². The molecule has 0 aliphatic carbocycles. The third-order valence-corrected chi connectivity index (χ3v) is 5.35. The van der Waals surface area contributed by atoms with Gasteiger partial charge in [-0.25, -0.2) is 4.79 Å². The third-order valence-electron chi connectivity index (χ3n) is 5.35. The van der Waals surface area contributed by atoms with Gasteiger partial charge in [0.2, 0.25) is 0 Å². The molecule has 0 radical (unpaired) electrons. The molecule has 1 aromatic carbocycles. The van der Waals surface area contributed by atoms with Gasteiger partial charge in [0.15, 0.2) is 12.5 Å². The van der Waals surface area contributed by atoms with Gasteiger partial charge in [-0.3, -0.25) is 9.36 Å². The molecule has 2 aromatic rings. The summed E-state index contributed by atoms with van der Waals surface area (Å²) in [7, 11) is 0. The van der Waals surface area contributed by atoms with E-state index < -0.39 is 18.2 Å². The van der Waals surface area contributed by atoms with E-state index in [4.69, 9.17) is 19.9 Å². The van der Waals surface area contributed by atoms with Crippen molar-refractivity contribution in [3.05, 3.63) is 58.6 Å². The number of nitrogens with two attached hydrogens (primary N) is 1. The van der Waals surface area contributed by atoms with E-state index >= 15 is 0 Å². The average molecular weight is 466 g/mol. The summed E-state index contributed by atoms with van der Waals surface area (Å²) in [5.74, 6) is -0.280. The Morgan fingerprint density at radius 3 is 2.72 bits per heavy atom. The standard InChI is InChI=1S/C23H31N3O5.ClH/c1-17(9-5-2-3-6-10-18-11-7-4-8-12-18)22(27)30-16-21-29-15-20(31-21)26-14-13-19(24)25-23(26)28;/h4,7-8,11-14,17,20-21H,2-3,5-6,9-10,15-16H2,1H3,(H2,24,25,28);1H. The minimum atomic E-state index is -0.705. The second-order valence-electron chi connectivity index (χ2n) is 7.87. The lowest BCUT2D eigenvalue weighted by molar-refractivity contribution is -0.163. The van der Waals surface area contributed by atoms with Crippen LogP contribution in [0.15, 0.2) is 47.4 Å². The summed E-state index contributed by atoms with van der Waals surface area (Å²) in [6.45, 7) is 2.05. The minimum absolute atomic E-state index is 0. The first-order valence-corrected chi connectivity index (χ1v) is 10.8. The van der Waals surface area contributed by atoms with Crippen molar-refractivity contribution >= 4 is 24.2 Å². The van der Waals surface area contributed by atoms with Gasteiger partial charge in [0, 0.05) is 6.20 Å². The topological polar surface area (TPSA) is 106 Å². The van der Waals surface area contributed by atoms with Gasteiger partial charge in [-0.15, -0.1) is 12.4 Å². The first-order valence-electron chi connectivity index (χ1n) is 10.8. The number of nitrogens with zero attached hydrogens (tertiary/aromatic N) is 2. The summed E-state index contributed by atoms with van der Waals surface area (Å²) in [5.41, 5.74) is 6.35. The van der Waals surface area contributed by atoms with Gasteiger partial charge in [-0.05, 0) is 30.9 Å². The number of hydrogen-bond donors (Lipinski definition) is 1. The smallest absolute Gasteiger partial charge is 0.351 e. The molecule has 32 heavy (non-hydrogen) atoms. The van der Waals surface area contributed by atoms with Crippen LogP contribution < -0.4 is 11.4 Å². The highest BCUT2D eigenvalue weighted by atomic mass is 35.5. The van der Waals surface area contributed by atoms with Crippen molar-refractivity contribution in [1.29, 1.82) is 0 Å². The van der Waals surface area contributed by atoms with E-state index in [0.29, 0.717) is 0 Å². The number of halogens is 1. The molecule has 1 saturated heterocycles. The average Bonchev–Trinajstić information content (AvgIpc) is 3.23. The van der Waals surface area contributed by atoms with Gasteiger partial charge in [0.25, 0.3) is 0 Å². The second kappa shape index (κ2) is 13.2. The largest absolute Gasteiger partial charge is 0.460 e. The Kier molecular flexibility index (Phi) is 10.7. The second-order valence-corrected chi connectivity index (χ2v) is 7.87. The van der Waals surface area contributed by atoms with Crippen LogP contribution in [0.3, 0.4) is 0 Å². The molecular weight excluding hydrogens is 434 g/mol. The van der Waals surface area contributed by atoms with E-state index in [2.05, 4.69) is 29.2 Å². The van der Waals surface area contributed by atoms with Crippen molar-refractivity contribution in [2.75, 3.05) is 18.9 Å². The number of nitrogen functional groups attached to an aromatic ring is 1. The van der Waals surface area contributed by atoms with Crippen LogP contribution in [0.2, 0.25) is 0 Å². The fourth-order valence-electron chi connectivity index (χ4n) is 3.51. The maximum Gasteiger partial charge on any atom is 0.351 e. The number of benzene rings is 1. The maximum absolute atomic E-state index is 12.2. The highest BCUT2D eigenvalue weighted by Crippen LogP contribution is 2.20. The summed E-state index contributed by atoms with van der Waals surface area (Å²) in [5, 5.41) is 0. The van der Waals surface area contributed by atoms with Crippen molar-refractivity contribution < 1.29 is 19.0 Å². The van der Waals surface area contributed by atoms with E-state index in [1.807, 2.05) is 13.0 Å². The number of ether oxygens (including phenoxy) is 3. The number of aryl methyl sites for hydroxylation is 1. The van der Waals surface area contributed by atoms with E-state index in [1.165, 1.54) is 22.4 Å². The Balaban J connectivity index is 0.00000363. The van der Waals surface area contributed by atoms with Crippen LogP contribution in [-0.2, 0) is 25.4 Å². The Morgan fingerprint density at radius 1 is 1.22 bits per heavy atom. The van der Waals surface area contributed by atoms with Crippen LogP contribution in [-0.4, -0.2) is 35.0 Å². The number of carbonyl (C=O) groups is 1. The predicted molar refractivity (Wildman–Crippen MR) is 123 cm³/mol. The molecule has 0 spiro atoms. The molecule has 3 atom stereocenters. The van der Waals surface area contributed by atoms with Gasteiger partial charge in [0.1, 0.15) is 12.4 Å². The van der Waals surface area contributed by atoms with E-state index in [-0.39, 0.29) is 43.3 Å². The first kappa shape index (κ1) is 25.8. The fraction of sp³-hybridized carbons (Fsp3) is 0.522. The number of anilines is 1. The lowest BCUT2D eigenvalue weighted by Crippen LogP contribution is -2.29. The summed E-state index contributed by atoms with van der Waals surface area (Å²) < 4.78 is 17.8. The van der Waals surface area contributed by atoms with Crippen LogP contribution in [0.5, 0.6) is 0 Å². The zero-order chi connectivity index (χ0) is 22.1. The van der Waals surface area contributed by atoms with Crippen LogP contribution in [0.4, 0.5) is 5.82 Å². The molecule has 3 rings (SSSR count). The Morgan fingerprint density at radius 2 is 1.97 bits per heavy atom. The highest BCUT2D eigenvalue weighted by molar-refractivity contribution is 5.85. The van der Waals surface area contributed by atoms with Gasteiger partial charge < -0.3 is 19.9 Å². The quantitative estimate of drug-likeness (QED) is 0.400. The molecule has 8 nitrogen and oxygen atoms in total. The number of rotatable bonds is 11. The summed E-state index contributed by atoms with van der Waals surface area (Å²) in [4.78, 5) is 27.8. The highest BCUT2D eigenvalue weighted by Gasteiger charge is 2.29. The molecule has 9 heteroatoms. The zero-order valence-corrected chi connectivity index (χ0v) is 19.2. The number of esters is 1. The molecule has 0 bridgehead atoms. The van der Waals surface area contributed by atoms with E-state index in [1.54, 1.807) is 0 Å². The SMILES string of the molecule is CC(CCCCCCc1ccccc1)C(=O)OCC1OCC(n2ccc(N)nc2=O)O1.Cl. The molecule has 2 N–H and O–H groups in total. The molecule has 2 heterocycles. The lowest BCUT2D eigenvalue weighted by atomic mass is 10.0. The van der Waals surface area contributed by atoms with E-state index in [0.717, 1.165) is 38.5 Å². The van der Waals surface area contributed by atoms with Crippen molar-refractivity contribution in [1.82, 2.24) is 9.55 Å². The van der Waals surface area contributed by atoms with Crippen molar-refractivity contribution in [3.63, 3.8) is 0 Å². The van der Waals surface area contributed by atoms with Crippen LogP contribution in [0, 0.1) is 5.92 Å². The molecule has 1 fully saturated rings. The maximum atomic E-state index is 12.2. The molecule has 0 saturated carbocycles. The predicted octanol–water partition coefficient (Wildman–Crippen LogP) is 3.49. The van der Waals surface area contributed by atoms with Gasteiger partial charge in [0.05, 0.1) is 12.5 Å². The number of aromatic nitrogens is 2. The van der Waals surface area contributed by atoms with Gasteiger partial charge >= 0.3 is 11.7 Å². The monoisotopic (exact) mass is 465 g/mol. The Labute approximate surface area is 194 Å². The fourth-order valence-corrected chi connectivity index (χ4v) is 3.51. The third kappa shape index (κ3) is 7.93. The summed E-state index contributed by atoms with van der Waals surface area (Å²) in [6.07, 6.45) is 6.50. The van der Waals surface area contributed by atoms with Crippen LogP contribution in [0.1, 0.15) is 50.8 Å². The molecule has 1 aromatic heterocycles. The number of carbonyl (C=O) groups excluding carboxylic acids is 1.